The summed E-state index contributed by atoms with van der Waals surface area (Å²) >= 11 is 12.1. The first-order valence-electron chi connectivity index (χ1n) is 9.95. The number of hydrogen-bond donors (Lipinski definition) is 0. The summed E-state index contributed by atoms with van der Waals surface area (Å²) in [6.45, 7) is 7.78. The number of rotatable bonds is 6. The van der Waals surface area contributed by atoms with Crippen molar-refractivity contribution in [1.82, 2.24) is 0 Å². The molecule has 162 valence electrons. The molecular formula is C23H21Cl2NO5. The summed E-state index contributed by atoms with van der Waals surface area (Å²) < 4.78 is 17.2. The topological polar surface area (TPSA) is 65.1 Å². The van der Waals surface area contributed by atoms with E-state index in [4.69, 9.17) is 37.4 Å². The summed E-state index contributed by atoms with van der Waals surface area (Å²) in [5.74, 6) is -2.98. The molecule has 0 N–H and O–H groups in total. The molecule has 2 aliphatic heterocycles. The van der Waals surface area contributed by atoms with Gasteiger partial charge in [0.2, 0.25) is 6.29 Å². The molecule has 0 aliphatic carbocycles. The molecule has 0 spiro atoms. The smallest absolute Gasteiger partial charge is 0.353 e. The van der Waals surface area contributed by atoms with Crippen LogP contribution >= 0.6 is 23.2 Å². The Morgan fingerprint density at radius 3 is 2.35 bits per heavy atom. The van der Waals surface area contributed by atoms with Crippen molar-refractivity contribution < 1.29 is 23.8 Å². The monoisotopic (exact) mass is 461 g/mol. The van der Waals surface area contributed by atoms with E-state index in [-0.39, 0.29) is 10.1 Å². The number of nitrogens with zero attached hydrogens (tertiary/aromatic N) is 1. The van der Waals surface area contributed by atoms with Gasteiger partial charge in [0.1, 0.15) is 10.1 Å². The highest BCUT2D eigenvalue weighted by molar-refractivity contribution is 6.48. The van der Waals surface area contributed by atoms with Crippen LogP contribution in [-0.2, 0) is 24.8 Å². The molecule has 0 radical (unpaired) electrons. The maximum atomic E-state index is 12.7. The predicted octanol–water partition coefficient (Wildman–Crippen LogP) is 4.80. The molecule has 2 atom stereocenters. The molecule has 8 heteroatoms. The molecule has 0 bridgehead atoms. The molecular weight excluding hydrogens is 441 g/mol. The number of benzene rings is 2. The fourth-order valence-electron chi connectivity index (χ4n) is 3.97. The minimum atomic E-state index is -1.65. The Kier molecular flexibility index (Phi) is 5.73. The van der Waals surface area contributed by atoms with Crippen molar-refractivity contribution in [1.29, 1.82) is 0 Å². The third-order valence-electron chi connectivity index (χ3n) is 5.51. The molecule has 2 unspecified atom stereocenters. The van der Waals surface area contributed by atoms with Crippen molar-refractivity contribution >= 4 is 40.8 Å². The van der Waals surface area contributed by atoms with Gasteiger partial charge in [-0.05, 0) is 50.6 Å². The minimum Gasteiger partial charge on any atom is -0.426 e. The third-order valence-corrected chi connectivity index (χ3v) is 6.34. The minimum absolute atomic E-state index is 0.0936. The van der Waals surface area contributed by atoms with E-state index in [1.165, 1.54) is 0 Å². The number of cyclic esters (lactones) is 2. The van der Waals surface area contributed by atoms with Crippen LogP contribution < -0.4 is 4.90 Å². The van der Waals surface area contributed by atoms with Crippen LogP contribution in [0, 0.1) is 6.92 Å². The van der Waals surface area contributed by atoms with Crippen molar-refractivity contribution in [3.8, 4) is 0 Å². The maximum Gasteiger partial charge on any atom is 0.353 e. The van der Waals surface area contributed by atoms with E-state index in [1.54, 1.807) is 24.3 Å². The number of carbonyl (C=O) groups excluding carboxylic acids is 2. The third kappa shape index (κ3) is 3.49. The number of hydrogen-bond acceptors (Lipinski definition) is 6. The van der Waals surface area contributed by atoms with Crippen LogP contribution in [0.15, 0.2) is 52.5 Å². The van der Waals surface area contributed by atoms with Crippen LogP contribution in [-0.4, -0.2) is 31.3 Å². The van der Waals surface area contributed by atoms with Crippen LogP contribution in [0.5, 0.6) is 0 Å². The molecule has 4 rings (SSSR count). The number of carbonyl (C=O) groups is 2. The normalized spacial score (nSPS) is 22.4. The van der Waals surface area contributed by atoms with Crippen molar-refractivity contribution in [2.24, 2.45) is 0 Å². The van der Waals surface area contributed by atoms with Gasteiger partial charge in [0.15, 0.2) is 0 Å². The summed E-state index contributed by atoms with van der Waals surface area (Å²) in [6.07, 6.45) is -1.30. The lowest BCUT2D eigenvalue weighted by molar-refractivity contribution is -0.246. The highest BCUT2D eigenvalue weighted by atomic mass is 35.5. The van der Waals surface area contributed by atoms with Gasteiger partial charge < -0.3 is 14.4 Å². The van der Waals surface area contributed by atoms with Gasteiger partial charge in [-0.2, -0.15) is 0 Å². The Morgan fingerprint density at radius 2 is 1.74 bits per heavy atom. The molecule has 0 saturated carbocycles. The molecule has 0 amide bonds. The predicted molar refractivity (Wildman–Crippen MR) is 117 cm³/mol. The van der Waals surface area contributed by atoms with E-state index in [2.05, 4.69) is 18.7 Å². The molecule has 0 aromatic heterocycles. The zero-order valence-electron chi connectivity index (χ0n) is 17.3. The van der Waals surface area contributed by atoms with Gasteiger partial charge in [-0.3, -0.25) is 4.74 Å². The first kappa shape index (κ1) is 21.7. The average Bonchev–Trinajstić information content (AvgIpc) is 3.18. The summed E-state index contributed by atoms with van der Waals surface area (Å²) in [5.41, 5.74) is 3.34. The van der Waals surface area contributed by atoms with Gasteiger partial charge in [0.25, 0.3) is 5.79 Å². The van der Waals surface area contributed by atoms with E-state index < -0.39 is 24.0 Å². The van der Waals surface area contributed by atoms with Gasteiger partial charge in [0.05, 0.1) is 5.56 Å². The molecule has 2 aromatic carbocycles. The van der Waals surface area contributed by atoms with Crippen LogP contribution in [0.3, 0.4) is 0 Å². The quantitative estimate of drug-likeness (QED) is 0.575. The van der Waals surface area contributed by atoms with Gasteiger partial charge in [-0.15, -0.1) is 0 Å². The number of esters is 2. The van der Waals surface area contributed by atoms with Crippen LogP contribution in [0.4, 0.5) is 5.69 Å². The molecule has 2 aliphatic rings. The summed E-state index contributed by atoms with van der Waals surface area (Å²) in [4.78, 5) is 26.8. The number of ether oxygens (including phenoxy) is 3. The number of fused-ring (bicyclic) bond motifs is 1. The van der Waals surface area contributed by atoms with E-state index in [1.807, 2.05) is 25.1 Å². The van der Waals surface area contributed by atoms with E-state index in [0.717, 1.165) is 24.3 Å². The summed E-state index contributed by atoms with van der Waals surface area (Å²) in [5, 5.41) is -0.350. The molecule has 31 heavy (non-hydrogen) atoms. The van der Waals surface area contributed by atoms with Crippen LogP contribution in [0.2, 0.25) is 0 Å². The molecule has 2 aromatic rings. The van der Waals surface area contributed by atoms with Gasteiger partial charge in [0, 0.05) is 29.9 Å². The second-order valence-corrected chi connectivity index (χ2v) is 8.03. The van der Waals surface area contributed by atoms with Crippen LogP contribution in [0.1, 0.15) is 40.9 Å². The Balaban J connectivity index is 1.86. The maximum absolute atomic E-state index is 12.7. The highest BCUT2D eigenvalue weighted by Crippen LogP contribution is 2.47. The Labute approximate surface area is 190 Å². The fourth-order valence-corrected chi connectivity index (χ4v) is 4.27. The lowest BCUT2D eigenvalue weighted by Crippen LogP contribution is -2.37. The summed E-state index contributed by atoms with van der Waals surface area (Å²) in [7, 11) is 0. The number of halogens is 2. The van der Waals surface area contributed by atoms with Gasteiger partial charge in [-0.1, -0.05) is 41.4 Å². The highest BCUT2D eigenvalue weighted by Gasteiger charge is 2.53. The largest absolute Gasteiger partial charge is 0.426 e. The SMILES string of the molecule is CCN(CC)c1ccc(C2(OC3OC(=O)C(Cl)=C3Cl)OC(=O)c3ccccc32)c(C)c1. The zero-order chi connectivity index (χ0) is 22.3. The van der Waals surface area contributed by atoms with Crippen molar-refractivity contribution in [3.63, 3.8) is 0 Å². The molecule has 2 heterocycles. The van der Waals surface area contributed by atoms with Gasteiger partial charge >= 0.3 is 11.9 Å². The van der Waals surface area contributed by atoms with E-state index in [9.17, 15) is 9.59 Å². The Bertz CT molecular complexity index is 1100. The Morgan fingerprint density at radius 1 is 1.03 bits per heavy atom. The second-order valence-electron chi connectivity index (χ2n) is 7.24. The van der Waals surface area contributed by atoms with Crippen molar-refractivity contribution in [3.05, 3.63) is 74.8 Å². The van der Waals surface area contributed by atoms with E-state index in [0.29, 0.717) is 16.7 Å². The van der Waals surface area contributed by atoms with Crippen molar-refractivity contribution in [2.45, 2.75) is 32.8 Å². The first-order valence-corrected chi connectivity index (χ1v) is 10.7. The standard InChI is InChI=1S/C23H21Cl2NO5/c1-4-26(5-2)14-10-11-16(13(3)12-14)23(31-22-19(25)18(24)21(28)29-22)17-9-7-6-8-15(17)20(27)30-23/h6-12,22H,4-5H2,1-3H3. The average molecular weight is 462 g/mol. The number of anilines is 1. The van der Waals surface area contributed by atoms with E-state index >= 15 is 0 Å². The Hall–Kier alpha value is -2.54. The van der Waals surface area contributed by atoms with Gasteiger partial charge in [-0.25, -0.2) is 9.59 Å². The van der Waals surface area contributed by atoms with Crippen LogP contribution in [0.25, 0.3) is 0 Å². The van der Waals surface area contributed by atoms with Crippen molar-refractivity contribution in [2.75, 3.05) is 18.0 Å². The first-order chi connectivity index (χ1) is 14.8. The molecule has 6 nitrogen and oxygen atoms in total. The second kappa shape index (κ2) is 8.19. The fraction of sp³-hybridized carbons (Fsp3) is 0.304. The lowest BCUT2D eigenvalue weighted by atomic mass is 9.92. The zero-order valence-corrected chi connectivity index (χ0v) is 18.8. The molecule has 0 saturated heterocycles. The summed E-state index contributed by atoms with van der Waals surface area (Å²) in [6, 6.07) is 12.7. The number of aryl methyl sites for hydroxylation is 1. The lowest BCUT2D eigenvalue weighted by Gasteiger charge is -2.33. The molecule has 0 fully saturated rings.